The zero-order valence-corrected chi connectivity index (χ0v) is 16.1. The molecule has 138 valence electrons. The first-order chi connectivity index (χ1) is 11.5. The van der Waals surface area contributed by atoms with Gasteiger partial charge >= 0.3 is 5.97 Å². The van der Waals surface area contributed by atoms with Crippen LogP contribution < -0.4 is 5.73 Å². The summed E-state index contributed by atoms with van der Waals surface area (Å²) in [4.78, 5) is 13.9. The molecule has 2 aromatic rings. The average molecular weight is 365 g/mol. The minimum absolute atomic E-state index is 0. The zero-order valence-electron chi connectivity index (χ0n) is 15.3. The predicted molar refractivity (Wildman–Crippen MR) is 106 cm³/mol. The Morgan fingerprint density at radius 1 is 1.20 bits per heavy atom. The molecule has 0 radical (unpaired) electrons. The van der Waals surface area contributed by atoms with Crippen LogP contribution in [-0.2, 0) is 16.1 Å². The van der Waals surface area contributed by atoms with Crippen molar-refractivity contribution in [3.8, 4) is 0 Å². The molecule has 0 unspecified atom stereocenters. The standard InChI is InChI=1S/C20H28N2O2.ClH/c1-4-15(2)19(21)13-22(14-20(23)24-3)12-17-10-7-9-16-8-5-6-11-18(16)17;/h5-11,15,19H,4,12-14,21H2,1-3H3;1H/t15-,19+;/m0./s1. The predicted octanol–water partition coefficient (Wildman–Crippen LogP) is 3.61. The van der Waals surface area contributed by atoms with Crippen LogP contribution in [0.25, 0.3) is 10.8 Å². The Morgan fingerprint density at radius 3 is 2.56 bits per heavy atom. The molecule has 0 fully saturated rings. The first-order valence-electron chi connectivity index (χ1n) is 8.56. The number of benzene rings is 2. The first-order valence-corrected chi connectivity index (χ1v) is 8.56. The van der Waals surface area contributed by atoms with Crippen molar-refractivity contribution < 1.29 is 9.53 Å². The number of nitrogens with two attached hydrogens (primary N) is 1. The second-order valence-corrected chi connectivity index (χ2v) is 6.43. The lowest BCUT2D eigenvalue weighted by Crippen LogP contribution is -2.43. The number of ether oxygens (including phenoxy) is 1. The zero-order chi connectivity index (χ0) is 17.5. The van der Waals surface area contributed by atoms with Crippen molar-refractivity contribution in [2.75, 3.05) is 20.2 Å². The van der Waals surface area contributed by atoms with Gasteiger partial charge in [-0.05, 0) is 22.3 Å². The molecule has 0 spiro atoms. The van der Waals surface area contributed by atoms with Gasteiger partial charge in [-0.1, -0.05) is 62.7 Å². The van der Waals surface area contributed by atoms with Crippen LogP contribution in [0.2, 0.25) is 0 Å². The average Bonchev–Trinajstić information content (AvgIpc) is 2.61. The minimum atomic E-state index is -0.230. The number of methoxy groups -OCH3 is 1. The highest BCUT2D eigenvalue weighted by molar-refractivity contribution is 5.86. The van der Waals surface area contributed by atoms with Crippen LogP contribution in [-0.4, -0.2) is 37.1 Å². The number of carbonyl (C=O) groups excluding carboxylic acids is 1. The van der Waals surface area contributed by atoms with Crippen LogP contribution in [0.4, 0.5) is 0 Å². The Morgan fingerprint density at radius 2 is 1.88 bits per heavy atom. The number of rotatable bonds is 8. The molecular weight excluding hydrogens is 336 g/mol. The van der Waals surface area contributed by atoms with Crippen LogP contribution in [0, 0.1) is 5.92 Å². The maximum absolute atomic E-state index is 11.8. The Labute approximate surface area is 156 Å². The summed E-state index contributed by atoms with van der Waals surface area (Å²) < 4.78 is 4.85. The Kier molecular flexibility index (Phi) is 8.90. The van der Waals surface area contributed by atoms with Gasteiger partial charge < -0.3 is 10.5 Å². The number of fused-ring (bicyclic) bond motifs is 1. The molecule has 2 rings (SSSR count). The van der Waals surface area contributed by atoms with Crippen molar-refractivity contribution in [1.82, 2.24) is 4.90 Å². The molecule has 0 aromatic heterocycles. The normalized spacial score (nSPS) is 13.3. The van der Waals surface area contributed by atoms with E-state index < -0.39 is 0 Å². The summed E-state index contributed by atoms with van der Waals surface area (Å²) in [5.41, 5.74) is 7.52. The van der Waals surface area contributed by atoms with E-state index in [0.29, 0.717) is 19.0 Å². The van der Waals surface area contributed by atoms with Crippen molar-refractivity contribution >= 4 is 29.1 Å². The summed E-state index contributed by atoms with van der Waals surface area (Å²) in [7, 11) is 1.42. The third kappa shape index (κ3) is 5.99. The summed E-state index contributed by atoms with van der Waals surface area (Å²) in [6, 6.07) is 14.6. The fraction of sp³-hybridized carbons (Fsp3) is 0.450. The van der Waals surface area contributed by atoms with E-state index in [1.807, 2.05) is 12.1 Å². The van der Waals surface area contributed by atoms with Crippen molar-refractivity contribution in [3.63, 3.8) is 0 Å². The van der Waals surface area contributed by atoms with E-state index in [4.69, 9.17) is 10.5 Å². The molecule has 5 heteroatoms. The van der Waals surface area contributed by atoms with Gasteiger partial charge in [-0.3, -0.25) is 9.69 Å². The molecule has 4 nitrogen and oxygen atoms in total. The number of halogens is 1. The monoisotopic (exact) mass is 364 g/mol. The summed E-state index contributed by atoms with van der Waals surface area (Å²) in [6.07, 6.45) is 1.03. The minimum Gasteiger partial charge on any atom is -0.468 e. The number of carbonyl (C=O) groups is 1. The molecule has 0 bridgehead atoms. The van der Waals surface area contributed by atoms with Gasteiger partial charge in [-0.25, -0.2) is 0 Å². The van der Waals surface area contributed by atoms with Crippen molar-refractivity contribution in [2.24, 2.45) is 11.7 Å². The smallest absolute Gasteiger partial charge is 0.319 e. The largest absolute Gasteiger partial charge is 0.468 e. The molecule has 0 amide bonds. The Hall–Kier alpha value is -1.62. The van der Waals surface area contributed by atoms with Gasteiger partial charge in [0.2, 0.25) is 0 Å². The van der Waals surface area contributed by atoms with Crippen LogP contribution in [0.1, 0.15) is 25.8 Å². The van der Waals surface area contributed by atoms with E-state index in [0.717, 1.165) is 6.42 Å². The van der Waals surface area contributed by atoms with E-state index in [1.165, 1.54) is 23.4 Å². The molecule has 0 heterocycles. The maximum Gasteiger partial charge on any atom is 0.319 e. The molecule has 0 aliphatic heterocycles. The third-order valence-corrected chi connectivity index (χ3v) is 4.70. The third-order valence-electron chi connectivity index (χ3n) is 4.70. The number of hydrogen-bond acceptors (Lipinski definition) is 4. The fourth-order valence-corrected chi connectivity index (χ4v) is 2.88. The van der Waals surface area contributed by atoms with Gasteiger partial charge in [-0.2, -0.15) is 0 Å². The summed E-state index contributed by atoms with van der Waals surface area (Å²) >= 11 is 0. The number of esters is 1. The highest BCUT2D eigenvalue weighted by Gasteiger charge is 2.19. The van der Waals surface area contributed by atoms with Gasteiger partial charge in [-0.15, -0.1) is 12.4 Å². The molecule has 0 saturated carbocycles. The Balaban J connectivity index is 0.00000312. The SMILES string of the molecule is CC[C@H](C)[C@H](N)CN(CC(=O)OC)Cc1cccc2ccccc12.Cl. The lowest BCUT2D eigenvalue weighted by atomic mass is 9.99. The lowest BCUT2D eigenvalue weighted by molar-refractivity contribution is -0.142. The van der Waals surface area contributed by atoms with Crippen LogP contribution in [0.5, 0.6) is 0 Å². The van der Waals surface area contributed by atoms with E-state index in [1.54, 1.807) is 0 Å². The lowest BCUT2D eigenvalue weighted by Gasteiger charge is -2.28. The Bertz CT molecular complexity index is 672. The molecule has 25 heavy (non-hydrogen) atoms. The molecular formula is C20H29ClN2O2. The quantitative estimate of drug-likeness (QED) is 0.727. The van der Waals surface area contributed by atoms with Gasteiger partial charge in [0.05, 0.1) is 13.7 Å². The van der Waals surface area contributed by atoms with E-state index >= 15 is 0 Å². The van der Waals surface area contributed by atoms with Gasteiger partial charge in [0.25, 0.3) is 0 Å². The second kappa shape index (κ2) is 10.4. The van der Waals surface area contributed by atoms with Crippen molar-refractivity contribution in [1.29, 1.82) is 0 Å². The van der Waals surface area contributed by atoms with Crippen molar-refractivity contribution in [3.05, 3.63) is 48.0 Å². The molecule has 2 atom stereocenters. The number of hydrogen-bond donors (Lipinski definition) is 1. The summed E-state index contributed by atoms with van der Waals surface area (Å²) in [5.74, 6) is 0.184. The first kappa shape index (κ1) is 21.4. The fourth-order valence-electron chi connectivity index (χ4n) is 2.88. The van der Waals surface area contributed by atoms with Crippen molar-refractivity contribution in [2.45, 2.75) is 32.9 Å². The van der Waals surface area contributed by atoms with Gasteiger partial charge in [0, 0.05) is 19.1 Å². The number of nitrogens with zero attached hydrogens (tertiary/aromatic N) is 1. The summed E-state index contributed by atoms with van der Waals surface area (Å²) in [5, 5.41) is 2.42. The maximum atomic E-state index is 11.8. The van der Waals surface area contributed by atoms with E-state index in [2.05, 4.69) is 49.1 Å². The van der Waals surface area contributed by atoms with Gasteiger partial charge in [0.15, 0.2) is 0 Å². The van der Waals surface area contributed by atoms with Crippen LogP contribution >= 0.6 is 12.4 Å². The highest BCUT2D eigenvalue weighted by atomic mass is 35.5. The van der Waals surface area contributed by atoms with Crippen LogP contribution in [0.3, 0.4) is 0 Å². The van der Waals surface area contributed by atoms with Gasteiger partial charge in [0.1, 0.15) is 0 Å². The van der Waals surface area contributed by atoms with Crippen LogP contribution in [0.15, 0.2) is 42.5 Å². The molecule has 2 aromatic carbocycles. The van der Waals surface area contributed by atoms with E-state index in [9.17, 15) is 4.79 Å². The molecule has 0 aliphatic rings. The summed E-state index contributed by atoms with van der Waals surface area (Å²) in [6.45, 7) is 5.90. The topological polar surface area (TPSA) is 55.6 Å². The second-order valence-electron chi connectivity index (χ2n) is 6.43. The van der Waals surface area contributed by atoms with E-state index in [-0.39, 0.29) is 31.0 Å². The molecule has 2 N–H and O–H groups in total. The molecule has 0 saturated heterocycles. The highest BCUT2D eigenvalue weighted by Crippen LogP contribution is 2.20. The molecule has 0 aliphatic carbocycles.